The predicted octanol–water partition coefficient (Wildman–Crippen LogP) is 3.20. The molecule has 0 aromatic heterocycles. The van der Waals surface area contributed by atoms with E-state index in [-0.39, 0.29) is 34.8 Å². The van der Waals surface area contributed by atoms with Gasteiger partial charge < -0.3 is 15.5 Å². The van der Waals surface area contributed by atoms with Crippen molar-refractivity contribution in [2.24, 2.45) is 16.7 Å². The van der Waals surface area contributed by atoms with Crippen LogP contribution in [0.1, 0.15) is 36.5 Å². The Morgan fingerprint density at radius 1 is 1.23 bits per heavy atom. The molecule has 1 aliphatic carbocycles. The number of nitrogens with zero attached hydrogens (tertiary/aromatic N) is 1. The van der Waals surface area contributed by atoms with Gasteiger partial charge in [-0.05, 0) is 80.1 Å². The quantitative estimate of drug-likeness (QED) is 0.756. The number of allylic oxidation sites excluding steroid dienone is 4. The Morgan fingerprint density at radius 2 is 1.94 bits per heavy atom. The lowest BCUT2D eigenvalue weighted by Gasteiger charge is -2.47. The van der Waals surface area contributed by atoms with E-state index in [0.717, 1.165) is 25.9 Å². The van der Waals surface area contributed by atoms with Gasteiger partial charge in [-0.1, -0.05) is 13.0 Å². The summed E-state index contributed by atoms with van der Waals surface area (Å²) < 4.78 is 26.5. The first-order valence-electron chi connectivity index (χ1n) is 10.9. The van der Waals surface area contributed by atoms with Gasteiger partial charge in [-0.25, -0.2) is 8.78 Å². The molecule has 2 saturated heterocycles. The van der Waals surface area contributed by atoms with Gasteiger partial charge in [0.25, 0.3) is 5.91 Å². The van der Waals surface area contributed by atoms with E-state index >= 15 is 0 Å². The first-order valence-corrected chi connectivity index (χ1v) is 10.9. The third-order valence-electron chi connectivity index (χ3n) is 7.31. The monoisotopic (exact) mass is 429 g/mol. The molecule has 2 heterocycles. The molecule has 1 aromatic carbocycles. The van der Waals surface area contributed by atoms with E-state index in [0.29, 0.717) is 31.6 Å². The Labute approximate surface area is 181 Å². The number of hydrogen-bond acceptors (Lipinski definition) is 3. The molecule has 2 aliphatic heterocycles. The Balaban J connectivity index is 1.32. The lowest BCUT2D eigenvalue weighted by atomic mass is 9.58. The minimum absolute atomic E-state index is 0.117. The minimum Gasteiger partial charge on any atom is -0.355 e. The predicted molar refractivity (Wildman–Crippen MR) is 114 cm³/mol. The molecular weight excluding hydrogens is 400 g/mol. The fraction of sp³-hybridized carbons (Fsp3) is 0.500. The minimum atomic E-state index is -0.422. The molecule has 1 spiro atoms. The van der Waals surface area contributed by atoms with Crippen LogP contribution in [0.15, 0.2) is 48.3 Å². The van der Waals surface area contributed by atoms with E-state index in [1.165, 1.54) is 30.3 Å². The van der Waals surface area contributed by atoms with E-state index in [4.69, 9.17) is 0 Å². The van der Waals surface area contributed by atoms with Gasteiger partial charge in [0.1, 0.15) is 11.6 Å². The second-order valence-corrected chi connectivity index (χ2v) is 9.16. The van der Waals surface area contributed by atoms with Crippen LogP contribution < -0.4 is 10.6 Å². The third kappa shape index (κ3) is 4.28. The van der Waals surface area contributed by atoms with Crippen molar-refractivity contribution in [1.29, 1.82) is 0 Å². The summed E-state index contributed by atoms with van der Waals surface area (Å²) in [7, 11) is 0. The number of rotatable bonds is 5. The number of nitrogens with one attached hydrogen (secondary N) is 2. The summed E-state index contributed by atoms with van der Waals surface area (Å²) in [5, 5.41) is 5.94. The van der Waals surface area contributed by atoms with Gasteiger partial charge >= 0.3 is 0 Å². The Morgan fingerprint density at radius 3 is 2.58 bits per heavy atom. The van der Waals surface area contributed by atoms with Gasteiger partial charge in [0.2, 0.25) is 5.91 Å². The maximum Gasteiger partial charge on any atom is 0.251 e. The average Bonchev–Trinajstić information content (AvgIpc) is 3.08. The zero-order valence-corrected chi connectivity index (χ0v) is 17.8. The van der Waals surface area contributed by atoms with Crippen molar-refractivity contribution < 1.29 is 18.4 Å². The standard InChI is InChI=1S/C24H29F2N3O2/c1-23(8-6-19(26)7-9-23)20-16-28-22(31)24(20)10-13-29(14-11-24)15-12-27-21(30)17-2-4-18(25)5-3-17/h2-8,20H,9-16H2,1H3,(H,27,30)(H,28,31)/t20-,23?/m1/s1. The van der Waals surface area contributed by atoms with Gasteiger partial charge in [0, 0.05) is 25.2 Å². The number of hydrogen-bond donors (Lipinski definition) is 2. The van der Waals surface area contributed by atoms with Crippen LogP contribution in [0.25, 0.3) is 0 Å². The Bertz CT molecular complexity index is 904. The van der Waals surface area contributed by atoms with E-state index in [1.807, 2.05) is 6.08 Å². The molecule has 5 nitrogen and oxygen atoms in total. The Hall–Kier alpha value is -2.54. The van der Waals surface area contributed by atoms with Crippen molar-refractivity contribution in [2.45, 2.75) is 26.2 Å². The fourth-order valence-electron chi connectivity index (χ4n) is 5.35. The van der Waals surface area contributed by atoms with E-state index in [9.17, 15) is 18.4 Å². The SMILES string of the molecule is CC1([C@H]2CNC(=O)C23CCN(CCNC(=O)c2ccc(F)cc2)CC3)C=CC(F)=CC1. The number of likely N-dealkylation sites (tertiary alicyclic amines) is 1. The second-order valence-electron chi connectivity index (χ2n) is 9.16. The number of halogens is 2. The normalized spacial score (nSPS) is 27.8. The Kier molecular flexibility index (Phi) is 5.97. The highest BCUT2D eigenvalue weighted by Gasteiger charge is 2.56. The molecule has 1 aromatic rings. The van der Waals surface area contributed by atoms with Crippen LogP contribution in [-0.4, -0.2) is 49.4 Å². The maximum absolute atomic E-state index is 13.5. The summed E-state index contributed by atoms with van der Waals surface area (Å²) in [6, 6.07) is 5.48. The highest BCUT2D eigenvalue weighted by Crippen LogP contribution is 2.53. The van der Waals surface area contributed by atoms with E-state index in [2.05, 4.69) is 22.5 Å². The van der Waals surface area contributed by atoms with Gasteiger partial charge in [0.05, 0.1) is 5.41 Å². The molecule has 0 bridgehead atoms. The second kappa shape index (κ2) is 8.54. The van der Waals surface area contributed by atoms with Crippen LogP contribution in [0, 0.1) is 22.6 Å². The molecule has 2 N–H and O–H groups in total. The van der Waals surface area contributed by atoms with Gasteiger partial charge in [-0.2, -0.15) is 0 Å². The zero-order chi connectivity index (χ0) is 22.1. The lowest BCUT2D eigenvalue weighted by molar-refractivity contribution is -0.133. The van der Waals surface area contributed by atoms with Crippen LogP contribution in [0.2, 0.25) is 0 Å². The first kappa shape index (κ1) is 21.7. The first-order chi connectivity index (χ1) is 14.8. The van der Waals surface area contributed by atoms with Crippen LogP contribution in [0.5, 0.6) is 0 Å². The third-order valence-corrected chi connectivity index (χ3v) is 7.31. The van der Waals surface area contributed by atoms with Gasteiger partial charge in [0.15, 0.2) is 0 Å². The molecule has 4 rings (SSSR count). The van der Waals surface area contributed by atoms with E-state index < -0.39 is 5.41 Å². The molecule has 2 atom stereocenters. The molecule has 2 fully saturated rings. The highest BCUT2D eigenvalue weighted by atomic mass is 19.1. The molecular formula is C24H29F2N3O2. The van der Waals surface area contributed by atoms with Crippen molar-refractivity contribution in [3.05, 3.63) is 59.7 Å². The number of benzene rings is 1. The van der Waals surface area contributed by atoms with Gasteiger partial charge in [-0.15, -0.1) is 0 Å². The van der Waals surface area contributed by atoms with Crippen LogP contribution in [-0.2, 0) is 4.79 Å². The van der Waals surface area contributed by atoms with Crippen molar-refractivity contribution in [3.63, 3.8) is 0 Å². The molecule has 0 saturated carbocycles. The summed E-state index contributed by atoms with van der Waals surface area (Å²) in [5.74, 6) is -0.547. The maximum atomic E-state index is 13.5. The molecule has 7 heteroatoms. The fourth-order valence-corrected chi connectivity index (χ4v) is 5.35. The number of carbonyl (C=O) groups excluding carboxylic acids is 2. The summed E-state index contributed by atoms with van der Waals surface area (Å²) >= 11 is 0. The number of carbonyl (C=O) groups is 2. The van der Waals surface area contributed by atoms with E-state index in [1.54, 1.807) is 6.08 Å². The van der Waals surface area contributed by atoms with Crippen LogP contribution in [0.4, 0.5) is 8.78 Å². The van der Waals surface area contributed by atoms with Crippen molar-refractivity contribution in [2.75, 3.05) is 32.7 Å². The van der Waals surface area contributed by atoms with Crippen LogP contribution in [0.3, 0.4) is 0 Å². The highest BCUT2D eigenvalue weighted by molar-refractivity contribution is 5.94. The van der Waals surface area contributed by atoms with Crippen molar-refractivity contribution >= 4 is 11.8 Å². The molecule has 2 amide bonds. The van der Waals surface area contributed by atoms with Gasteiger partial charge in [-0.3, -0.25) is 9.59 Å². The molecule has 3 aliphatic rings. The topological polar surface area (TPSA) is 61.4 Å². The van der Waals surface area contributed by atoms with Crippen molar-refractivity contribution in [3.8, 4) is 0 Å². The molecule has 1 unspecified atom stereocenters. The number of amides is 2. The smallest absolute Gasteiger partial charge is 0.251 e. The summed E-state index contributed by atoms with van der Waals surface area (Å²) in [6.45, 7) is 5.49. The molecule has 166 valence electrons. The number of piperidine rings is 1. The lowest BCUT2D eigenvalue weighted by Crippen LogP contribution is -2.51. The molecule has 0 radical (unpaired) electrons. The summed E-state index contributed by atoms with van der Waals surface area (Å²) in [4.78, 5) is 27.3. The largest absolute Gasteiger partial charge is 0.355 e. The summed E-state index contributed by atoms with van der Waals surface area (Å²) in [6.07, 6.45) is 7.20. The summed E-state index contributed by atoms with van der Waals surface area (Å²) in [5.41, 5.74) is -0.224. The van der Waals surface area contributed by atoms with Crippen molar-refractivity contribution in [1.82, 2.24) is 15.5 Å². The zero-order valence-electron chi connectivity index (χ0n) is 17.8. The molecule has 31 heavy (non-hydrogen) atoms. The average molecular weight is 430 g/mol. The van der Waals surface area contributed by atoms with Crippen LogP contribution >= 0.6 is 0 Å².